The molecular weight excluding hydrogens is 362 g/mol. The molecule has 0 spiro atoms. The number of nitrogens with one attached hydrogen (secondary N) is 1. The van der Waals surface area contributed by atoms with Gasteiger partial charge in [0.25, 0.3) is 0 Å². The van der Waals surface area contributed by atoms with E-state index >= 15 is 0 Å². The summed E-state index contributed by atoms with van der Waals surface area (Å²) < 4.78 is 7.79. The summed E-state index contributed by atoms with van der Waals surface area (Å²) >= 11 is 0. The fraction of sp³-hybridized carbons (Fsp3) is 0.391. The van der Waals surface area contributed by atoms with Crippen molar-refractivity contribution in [1.82, 2.24) is 25.0 Å². The van der Waals surface area contributed by atoms with Crippen LogP contribution < -0.4 is 10.1 Å². The van der Waals surface area contributed by atoms with Gasteiger partial charge in [-0.25, -0.2) is 0 Å². The number of aromatic nitrogens is 3. The highest BCUT2D eigenvalue weighted by Gasteiger charge is 2.14. The lowest BCUT2D eigenvalue weighted by Crippen LogP contribution is -2.27. The minimum absolute atomic E-state index is 0.163. The maximum Gasteiger partial charge on any atom is 0.119 e. The van der Waals surface area contributed by atoms with Crippen LogP contribution in [0.3, 0.4) is 0 Å². The smallest absolute Gasteiger partial charge is 0.119 e. The molecule has 0 aliphatic heterocycles. The first-order chi connectivity index (χ1) is 14.0. The molecule has 2 aromatic heterocycles. The highest BCUT2D eigenvalue weighted by molar-refractivity contribution is 5.63. The van der Waals surface area contributed by atoms with Crippen molar-refractivity contribution >= 4 is 0 Å². The molecule has 0 aliphatic rings. The number of nitrogens with zero attached hydrogens (tertiary/aromatic N) is 4. The monoisotopic (exact) mass is 393 g/mol. The summed E-state index contributed by atoms with van der Waals surface area (Å²) in [7, 11) is 4.12. The van der Waals surface area contributed by atoms with E-state index in [4.69, 9.17) is 9.84 Å². The number of likely N-dealkylation sites (N-methyl/N-ethyl adjacent to an activating group) is 2. The highest BCUT2D eigenvalue weighted by atomic mass is 16.5. The van der Waals surface area contributed by atoms with Crippen molar-refractivity contribution in [3.8, 4) is 17.0 Å². The fourth-order valence-corrected chi connectivity index (χ4v) is 3.22. The van der Waals surface area contributed by atoms with Crippen LogP contribution in [-0.4, -0.2) is 53.0 Å². The number of benzene rings is 1. The number of hydrogen-bond donors (Lipinski definition) is 1. The fourth-order valence-electron chi connectivity index (χ4n) is 3.22. The number of hydrogen-bond acceptors (Lipinski definition) is 5. The number of rotatable bonds is 10. The van der Waals surface area contributed by atoms with Crippen molar-refractivity contribution in [3.05, 3.63) is 66.1 Å². The Morgan fingerprint density at radius 3 is 2.62 bits per heavy atom. The first-order valence-corrected chi connectivity index (χ1v) is 10.1. The lowest BCUT2D eigenvalue weighted by molar-refractivity contribution is 0.242. The average Bonchev–Trinajstić information content (AvgIpc) is 3.09. The second kappa shape index (κ2) is 10.2. The van der Waals surface area contributed by atoms with Crippen LogP contribution in [-0.2, 0) is 13.1 Å². The van der Waals surface area contributed by atoms with Crippen LogP contribution in [0.2, 0.25) is 0 Å². The van der Waals surface area contributed by atoms with Gasteiger partial charge in [0.05, 0.1) is 18.3 Å². The van der Waals surface area contributed by atoms with Gasteiger partial charge in [0.1, 0.15) is 5.75 Å². The minimum Gasteiger partial charge on any atom is -0.491 e. The average molecular weight is 394 g/mol. The molecule has 0 radical (unpaired) electrons. The van der Waals surface area contributed by atoms with Gasteiger partial charge >= 0.3 is 0 Å². The van der Waals surface area contributed by atoms with Crippen LogP contribution in [0.25, 0.3) is 11.3 Å². The van der Waals surface area contributed by atoms with Gasteiger partial charge in [-0.15, -0.1) is 0 Å². The van der Waals surface area contributed by atoms with Crippen LogP contribution in [0, 0.1) is 0 Å². The number of pyridine rings is 1. The first kappa shape index (κ1) is 21.0. The second-order valence-corrected chi connectivity index (χ2v) is 7.59. The largest absolute Gasteiger partial charge is 0.491 e. The van der Waals surface area contributed by atoms with Gasteiger partial charge in [0.2, 0.25) is 0 Å². The molecule has 0 saturated carbocycles. The Morgan fingerprint density at radius 2 is 1.97 bits per heavy atom. The molecule has 6 heteroatoms. The van der Waals surface area contributed by atoms with Crippen LogP contribution in [0.4, 0.5) is 0 Å². The molecule has 0 saturated heterocycles. The molecule has 0 fully saturated rings. The summed E-state index contributed by atoms with van der Waals surface area (Å²) in [4.78, 5) is 6.52. The van der Waals surface area contributed by atoms with E-state index in [2.05, 4.69) is 46.6 Å². The molecule has 3 rings (SSSR count). The Hall–Kier alpha value is -2.70. The Balaban J connectivity index is 1.86. The van der Waals surface area contributed by atoms with Gasteiger partial charge in [0.15, 0.2) is 0 Å². The molecular formula is C23H31N5O. The van der Waals surface area contributed by atoms with E-state index in [1.54, 1.807) is 6.20 Å². The third kappa shape index (κ3) is 6.14. The van der Waals surface area contributed by atoms with E-state index in [0.717, 1.165) is 42.2 Å². The molecule has 1 N–H and O–H groups in total. The van der Waals surface area contributed by atoms with Crippen LogP contribution >= 0.6 is 0 Å². The predicted molar refractivity (Wildman–Crippen MR) is 117 cm³/mol. The molecule has 0 bridgehead atoms. The van der Waals surface area contributed by atoms with E-state index < -0.39 is 0 Å². The Morgan fingerprint density at radius 1 is 1.17 bits per heavy atom. The van der Waals surface area contributed by atoms with Crippen molar-refractivity contribution < 1.29 is 4.74 Å². The van der Waals surface area contributed by atoms with Crippen molar-refractivity contribution in [1.29, 1.82) is 0 Å². The van der Waals surface area contributed by atoms with Crippen molar-refractivity contribution in [3.63, 3.8) is 0 Å². The van der Waals surface area contributed by atoms with Gasteiger partial charge < -0.3 is 15.0 Å². The molecule has 0 unspecified atom stereocenters. The normalized spacial score (nSPS) is 11.4. The molecule has 29 heavy (non-hydrogen) atoms. The van der Waals surface area contributed by atoms with Crippen LogP contribution in [0.5, 0.6) is 5.75 Å². The lowest BCUT2D eigenvalue weighted by atomic mass is 10.1. The zero-order valence-corrected chi connectivity index (χ0v) is 17.8. The van der Waals surface area contributed by atoms with E-state index in [-0.39, 0.29) is 6.10 Å². The third-order valence-electron chi connectivity index (χ3n) is 4.59. The molecule has 3 aromatic rings. The molecule has 154 valence electrons. The van der Waals surface area contributed by atoms with Gasteiger partial charge in [0, 0.05) is 49.4 Å². The van der Waals surface area contributed by atoms with Crippen molar-refractivity contribution in [2.75, 3.05) is 27.2 Å². The predicted octanol–water partition coefficient (Wildman–Crippen LogP) is 3.43. The SMILES string of the molecule is CNCCN(C)Cc1cn(Cc2cccnc2)nc1-c1ccc(OC(C)C)cc1. The molecule has 6 nitrogen and oxygen atoms in total. The van der Waals surface area contributed by atoms with Crippen LogP contribution in [0.15, 0.2) is 55.0 Å². The molecule has 0 amide bonds. The van der Waals surface area contributed by atoms with E-state index in [9.17, 15) is 0 Å². The molecule has 0 aliphatic carbocycles. The third-order valence-corrected chi connectivity index (χ3v) is 4.59. The topological polar surface area (TPSA) is 55.2 Å². The summed E-state index contributed by atoms with van der Waals surface area (Å²) in [5.41, 5.74) is 4.46. The lowest BCUT2D eigenvalue weighted by Gasteiger charge is -2.16. The van der Waals surface area contributed by atoms with Gasteiger partial charge in [-0.2, -0.15) is 5.10 Å². The molecule has 2 heterocycles. The van der Waals surface area contributed by atoms with Gasteiger partial charge in [-0.3, -0.25) is 9.67 Å². The highest BCUT2D eigenvalue weighted by Crippen LogP contribution is 2.26. The minimum atomic E-state index is 0.163. The van der Waals surface area contributed by atoms with E-state index in [0.29, 0.717) is 6.54 Å². The van der Waals surface area contributed by atoms with Crippen molar-refractivity contribution in [2.24, 2.45) is 0 Å². The maximum atomic E-state index is 5.78. The van der Waals surface area contributed by atoms with Gasteiger partial charge in [-0.05, 0) is 63.8 Å². The quantitative estimate of drug-likeness (QED) is 0.572. The Bertz CT molecular complexity index is 874. The summed E-state index contributed by atoms with van der Waals surface area (Å²) in [6, 6.07) is 12.2. The van der Waals surface area contributed by atoms with Crippen LogP contribution in [0.1, 0.15) is 25.0 Å². The molecule has 0 atom stereocenters. The van der Waals surface area contributed by atoms with E-state index in [1.165, 1.54) is 5.56 Å². The number of ether oxygens (including phenoxy) is 1. The molecule has 1 aromatic carbocycles. The Kier molecular flexibility index (Phi) is 7.38. The summed E-state index contributed by atoms with van der Waals surface area (Å²) in [6.07, 6.45) is 5.99. The maximum absolute atomic E-state index is 5.78. The summed E-state index contributed by atoms with van der Waals surface area (Å²) in [6.45, 7) is 7.55. The standard InChI is InChI=1S/C23H31N5O/c1-18(2)29-22-9-7-20(8-10-22)23-21(16-27(4)13-12-24-3)17-28(26-23)15-19-6-5-11-25-14-19/h5-11,14,17-18,24H,12-13,15-16H2,1-4H3. The zero-order valence-electron chi connectivity index (χ0n) is 17.8. The first-order valence-electron chi connectivity index (χ1n) is 10.1. The van der Waals surface area contributed by atoms with Crippen molar-refractivity contribution in [2.45, 2.75) is 33.0 Å². The summed E-state index contributed by atoms with van der Waals surface area (Å²) in [5.74, 6) is 0.881. The summed E-state index contributed by atoms with van der Waals surface area (Å²) in [5, 5.41) is 8.11. The zero-order chi connectivity index (χ0) is 20.6. The van der Waals surface area contributed by atoms with Gasteiger partial charge in [-0.1, -0.05) is 6.07 Å². The van der Waals surface area contributed by atoms with E-state index in [1.807, 2.05) is 50.0 Å². The second-order valence-electron chi connectivity index (χ2n) is 7.59. The Labute approximate surface area is 173 Å².